The van der Waals surface area contributed by atoms with E-state index in [9.17, 15) is 14.0 Å². The molecule has 0 aliphatic rings. The summed E-state index contributed by atoms with van der Waals surface area (Å²) in [7, 11) is 0. The fraction of sp³-hybridized carbons (Fsp3) is 0.263. The highest BCUT2D eigenvalue weighted by Gasteiger charge is 2.15. The number of hydrogen-bond acceptors (Lipinski definition) is 3. The first-order chi connectivity index (χ1) is 11.9. The third kappa shape index (κ3) is 6.58. The molecule has 0 fully saturated rings. The van der Waals surface area contributed by atoms with Crippen LogP contribution in [0, 0.1) is 12.7 Å². The molecule has 0 radical (unpaired) electrons. The van der Waals surface area contributed by atoms with E-state index >= 15 is 0 Å². The van der Waals surface area contributed by atoms with Crippen molar-refractivity contribution in [1.29, 1.82) is 0 Å². The molecule has 0 aliphatic carbocycles. The van der Waals surface area contributed by atoms with Crippen molar-refractivity contribution in [1.82, 2.24) is 5.32 Å². The van der Waals surface area contributed by atoms with E-state index in [0.717, 1.165) is 5.56 Å². The van der Waals surface area contributed by atoms with Crippen molar-refractivity contribution in [3.8, 4) is 0 Å². The largest absolute Gasteiger partial charge is 0.351 e. The van der Waals surface area contributed by atoms with Crippen LogP contribution in [-0.4, -0.2) is 22.8 Å². The average molecular weight is 360 g/mol. The maximum atomic E-state index is 12.8. The molecule has 0 aromatic heterocycles. The molecular formula is C19H21FN2O2S. The van der Waals surface area contributed by atoms with E-state index in [1.165, 1.54) is 41.6 Å². The molecule has 4 nitrogen and oxygen atoms in total. The van der Waals surface area contributed by atoms with Gasteiger partial charge in [0.2, 0.25) is 11.8 Å². The second-order valence-corrected chi connectivity index (χ2v) is 7.04. The van der Waals surface area contributed by atoms with Gasteiger partial charge < -0.3 is 10.6 Å². The highest BCUT2D eigenvalue weighted by Crippen LogP contribution is 2.13. The molecule has 0 aliphatic heterocycles. The lowest BCUT2D eigenvalue weighted by Crippen LogP contribution is -2.31. The molecule has 2 rings (SSSR count). The molecule has 25 heavy (non-hydrogen) atoms. The number of rotatable bonds is 7. The Bertz CT molecular complexity index is 717. The summed E-state index contributed by atoms with van der Waals surface area (Å²) < 4.78 is 12.8. The predicted molar refractivity (Wildman–Crippen MR) is 100.0 cm³/mol. The topological polar surface area (TPSA) is 58.2 Å². The second kappa shape index (κ2) is 9.22. The number of halogens is 1. The number of carbonyl (C=O) groups excluding carboxylic acids is 2. The maximum Gasteiger partial charge on any atom is 0.234 e. The number of aryl methyl sites for hydroxylation is 1. The lowest BCUT2D eigenvalue weighted by Gasteiger charge is -2.12. The highest BCUT2D eigenvalue weighted by molar-refractivity contribution is 8.01. The van der Waals surface area contributed by atoms with Crippen LogP contribution in [0.15, 0.2) is 48.5 Å². The van der Waals surface area contributed by atoms with E-state index in [-0.39, 0.29) is 28.6 Å². The van der Waals surface area contributed by atoms with Gasteiger partial charge in [0.05, 0.1) is 11.0 Å². The van der Waals surface area contributed by atoms with Gasteiger partial charge >= 0.3 is 0 Å². The molecule has 6 heteroatoms. The Morgan fingerprint density at radius 2 is 1.72 bits per heavy atom. The summed E-state index contributed by atoms with van der Waals surface area (Å²) in [6, 6.07) is 13.5. The van der Waals surface area contributed by atoms with E-state index in [0.29, 0.717) is 12.2 Å². The number of amides is 2. The van der Waals surface area contributed by atoms with Gasteiger partial charge in [-0.25, -0.2) is 4.39 Å². The summed E-state index contributed by atoms with van der Waals surface area (Å²) in [5, 5.41) is 5.19. The summed E-state index contributed by atoms with van der Waals surface area (Å²) in [6.45, 7) is 4.24. The van der Waals surface area contributed by atoms with E-state index in [1.807, 2.05) is 31.2 Å². The zero-order valence-corrected chi connectivity index (χ0v) is 15.0. The van der Waals surface area contributed by atoms with Gasteiger partial charge in [0.1, 0.15) is 5.82 Å². The van der Waals surface area contributed by atoms with Crippen LogP contribution in [0.4, 0.5) is 10.1 Å². The molecule has 2 aromatic rings. The van der Waals surface area contributed by atoms with Crippen LogP contribution in [0.25, 0.3) is 0 Å². The first kappa shape index (κ1) is 19.0. The molecule has 2 aromatic carbocycles. The Morgan fingerprint density at radius 3 is 2.36 bits per heavy atom. The molecule has 0 bridgehead atoms. The lowest BCUT2D eigenvalue weighted by molar-refractivity contribution is -0.120. The molecular weight excluding hydrogens is 339 g/mol. The Hall–Kier alpha value is -2.34. The zero-order valence-electron chi connectivity index (χ0n) is 14.2. The molecule has 0 saturated carbocycles. The minimum absolute atomic E-state index is 0.111. The molecule has 0 spiro atoms. The van der Waals surface area contributed by atoms with Crippen molar-refractivity contribution in [2.75, 3.05) is 11.1 Å². The predicted octanol–water partition coefficient (Wildman–Crippen LogP) is 3.51. The van der Waals surface area contributed by atoms with Gasteiger partial charge in [0, 0.05) is 12.2 Å². The molecule has 132 valence electrons. The molecule has 0 saturated heterocycles. The smallest absolute Gasteiger partial charge is 0.234 e. The van der Waals surface area contributed by atoms with E-state index < -0.39 is 0 Å². The first-order valence-electron chi connectivity index (χ1n) is 7.94. The normalized spacial score (nSPS) is 11.6. The minimum Gasteiger partial charge on any atom is -0.351 e. The SMILES string of the molecule is Cc1ccc(CNC(=O)C(C)SCC(=O)Nc2ccc(F)cc2)cc1. The number of thioether (sulfide) groups is 1. The average Bonchev–Trinajstić information content (AvgIpc) is 2.61. The van der Waals surface area contributed by atoms with E-state index in [4.69, 9.17) is 0 Å². The van der Waals surface area contributed by atoms with Gasteiger partial charge in [-0.2, -0.15) is 0 Å². The number of benzene rings is 2. The highest BCUT2D eigenvalue weighted by atomic mass is 32.2. The number of hydrogen-bond donors (Lipinski definition) is 2. The monoisotopic (exact) mass is 360 g/mol. The first-order valence-corrected chi connectivity index (χ1v) is 8.99. The van der Waals surface area contributed by atoms with Gasteiger partial charge in [-0.3, -0.25) is 9.59 Å². The Morgan fingerprint density at radius 1 is 1.08 bits per heavy atom. The summed E-state index contributed by atoms with van der Waals surface area (Å²) in [5.74, 6) is -0.544. The van der Waals surface area contributed by atoms with Crippen LogP contribution >= 0.6 is 11.8 Å². The van der Waals surface area contributed by atoms with Gasteiger partial charge in [-0.05, 0) is 43.7 Å². The summed E-state index contributed by atoms with van der Waals surface area (Å²) in [6.07, 6.45) is 0. The van der Waals surface area contributed by atoms with Crippen LogP contribution < -0.4 is 10.6 Å². The van der Waals surface area contributed by atoms with Crippen molar-refractivity contribution in [3.63, 3.8) is 0 Å². The van der Waals surface area contributed by atoms with Crippen LogP contribution in [0.2, 0.25) is 0 Å². The standard InChI is InChI=1S/C19H21FN2O2S/c1-13-3-5-15(6-4-13)11-21-19(24)14(2)25-12-18(23)22-17-9-7-16(20)8-10-17/h3-10,14H,11-12H2,1-2H3,(H,21,24)(H,22,23). The lowest BCUT2D eigenvalue weighted by atomic mass is 10.1. The minimum atomic E-state index is -0.355. The quantitative estimate of drug-likeness (QED) is 0.794. The fourth-order valence-electron chi connectivity index (χ4n) is 2.05. The maximum absolute atomic E-state index is 12.8. The van der Waals surface area contributed by atoms with Gasteiger partial charge in [-0.15, -0.1) is 11.8 Å². The van der Waals surface area contributed by atoms with E-state index in [2.05, 4.69) is 10.6 Å². The van der Waals surface area contributed by atoms with Crippen molar-refractivity contribution < 1.29 is 14.0 Å². The van der Waals surface area contributed by atoms with Crippen LogP contribution in [-0.2, 0) is 16.1 Å². The summed E-state index contributed by atoms with van der Waals surface area (Å²) in [5.41, 5.74) is 2.74. The van der Waals surface area contributed by atoms with Gasteiger partial charge in [0.25, 0.3) is 0 Å². The summed E-state index contributed by atoms with van der Waals surface area (Å²) >= 11 is 1.25. The van der Waals surface area contributed by atoms with Gasteiger partial charge in [-0.1, -0.05) is 29.8 Å². The number of carbonyl (C=O) groups is 2. The van der Waals surface area contributed by atoms with E-state index in [1.54, 1.807) is 6.92 Å². The zero-order chi connectivity index (χ0) is 18.2. The Labute approximate surface area is 151 Å². The van der Waals surface area contributed by atoms with Crippen molar-refractivity contribution in [2.24, 2.45) is 0 Å². The summed E-state index contributed by atoms with van der Waals surface area (Å²) in [4.78, 5) is 24.0. The Kier molecular flexibility index (Phi) is 7.01. The number of nitrogens with one attached hydrogen (secondary N) is 2. The molecule has 1 atom stereocenters. The third-order valence-electron chi connectivity index (χ3n) is 3.55. The van der Waals surface area contributed by atoms with Crippen LogP contribution in [0.3, 0.4) is 0 Å². The van der Waals surface area contributed by atoms with Crippen molar-refractivity contribution in [3.05, 3.63) is 65.5 Å². The molecule has 0 heterocycles. The molecule has 2 N–H and O–H groups in total. The number of anilines is 1. The second-order valence-electron chi connectivity index (χ2n) is 5.71. The van der Waals surface area contributed by atoms with Crippen LogP contribution in [0.1, 0.15) is 18.1 Å². The van der Waals surface area contributed by atoms with Crippen molar-refractivity contribution >= 4 is 29.3 Å². The molecule has 2 amide bonds. The van der Waals surface area contributed by atoms with Crippen LogP contribution in [0.5, 0.6) is 0 Å². The Balaban J connectivity index is 1.72. The molecule has 1 unspecified atom stereocenters. The fourth-order valence-corrected chi connectivity index (χ4v) is 2.75. The third-order valence-corrected chi connectivity index (χ3v) is 4.69. The van der Waals surface area contributed by atoms with Gasteiger partial charge in [0.15, 0.2) is 0 Å². The van der Waals surface area contributed by atoms with Crippen molar-refractivity contribution in [2.45, 2.75) is 25.6 Å².